The first-order valence-corrected chi connectivity index (χ1v) is 8.31. The molecule has 0 aliphatic rings. The van der Waals surface area contributed by atoms with Crippen molar-refractivity contribution >= 4 is 22.5 Å². The monoisotopic (exact) mass is 273 g/mol. The first kappa shape index (κ1) is 14.4. The van der Waals surface area contributed by atoms with E-state index in [4.69, 9.17) is 0 Å². The van der Waals surface area contributed by atoms with Crippen molar-refractivity contribution in [2.24, 2.45) is 5.92 Å². The van der Waals surface area contributed by atoms with Gasteiger partial charge in [0.15, 0.2) is 0 Å². The topological polar surface area (TPSA) is 12.0 Å². The summed E-state index contributed by atoms with van der Waals surface area (Å²) in [4.78, 5) is 0. The molecule has 1 N–H and O–H groups in total. The van der Waals surface area contributed by atoms with Crippen molar-refractivity contribution in [1.82, 2.24) is 5.32 Å². The number of fused-ring (bicyclic) bond motifs is 1. The van der Waals surface area contributed by atoms with Crippen molar-refractivity contribution in [2.45, 2.75) is 19.9 Å². The van der Waals surface area contributed by atoms with E-state index < -0.39 is 0 Å². The molecule has 2 aromatic carbocycles. The maximum atomic E-state index is 3.66. The molecule has 2 aromatic rings. The Morgan fingerprint density at radius 1 is 1.05 bits per heavy atom. The van der Waals surface area contributed by atoms with Crippen molar-refractivity contribution in [3.05, 3.63) is 48.0 Å². The number of hydrogen-bond donors (Lipinski definition) is 1. The van der Waals surface area contributed by atoms with Gasteiger partial charge in [0.05, 0.1) is 0 Å². The van der Waals surface area contributed by atoms with Crippen molar-refractivity contribution in [3.8, 4) is 0 Å². The van der Waals surface area contributed by atoms with Crippen LogP contribution >= 0.6 is 11.8 Å². The lowest BCUT2D eigenvalue weighted by Crippen LogP contribution is -2.25. The summed E-state index contributed by atoms with van der Waals surface area (Å²) in [6.45, 7) is 5.64. The Morgan fingerprint density at radius 2 is 1.79 bits per heavy atom. The number of hydrogen-bond acceptors (Lipinski definition) is 2. The van der Waals surface area contributed by atoms with Crippen molar-refractivity contribution in [3.63, 3.8) is 0 Å². The molecule has 102 valence electrons. The molecule has 0 aliphatic heterocycles. The highest BCUT2D eigenvalue weighted by atomic mass is 32.2. The molecule has 2 rings (SSSR count). The molecule has 0 aliphatic carbocycles. The maximum absolute atomic E-state index is 3.66. The standard InChI is InChI=1S/C17H23NS/c1-13(12-19-3)11-18-14(2)16-10-6-8-15-7-4-5-9-17(15)16/h4-10,13-14,18H,11-12H2,1-3H3. The highest BCUT2D eigenvalue weighted by Gasteiger charge is 2.10. The van der Waals surface area contributed by atoms with E-state index in [1.807, 2.05) is 11.8 Å². The minimum Gasteiger partial charge on any atom is -0.310 e. The summed E-state index contributed by atoms with van der Waals surface area (Å²) in [7, 11) is 0. The Bertz CT molecular complexity index is 518. The van der Waals surface area contributed by atoms with Gasteiger partial charge in [0.1, 0.15) is 0 Å². The van der Waals surface area contributed by atoms with Crippen molar-refractivity contribution < 1.29 is 0 Å². The van der Waals surface area contributed by atoms with Gasteiger partial charge in [0.25, 0.3) is 0 Å². The van der Waals surface area contributed by atoms with E-state index in [2.05, 4.69) is 67.9 Å². The molecular weight excluding hydrogens is 250 g/mol. The Hall–Kier alpha value is -0.990. The molecule has 0 heterocycles. The lowest BCUT2D eigenvalue weighted by atomic mass is 9.99. The molecule has 19 heavy (non-hydrogen) atoms. The van der Waals surface area contributed by atoms with Crippen LogP contribution in [0.3, 0.4) is 0 Å². The van der Waals surface area contributed by atoms with E-state index in [1.54, 1.807) is 0 Å². The zero-order valence-electron chi connectivity index (χ0n) is 12.0. The van der Waals surface area contributed by atoms with Gasteiger partial charge >= 0.3 is 0 Å². The van der Waals surface area contributed by atoms with Gasteiger partial charge in [-0.05, 0) is 47.7 Å². The summed E-state index contributed by atoms with van der Waals surface area (Å²) in [5, 5.41) is 6.35. The van der Waals surface area contributed by atoms with Crippen LogP contribution in [-0.2, 0) is 0 Å². The average molecular weight is 273 g/mol. The van der Waals surface area contributed by atoms with E-state index in [0.717, 1.165) is 6.54 Å². The molecule has 1 nitrogen and oxygen atoms in total. The van der Waals surface area contributed by atoms with Gasteiger partial charge < -0.3 is 5.32 Å². The SMILES string of the molecule is CSCC(C)CNC(C)c1cccc2ccccc12. The first-order valence-electron chi connectivity index (χ1n) is 6.92. The van der Waals surface area contributed by atoms with E-state index in [1.165, 1.54) is 22.1 Å². The number of benzene rings is 2. The van der Waals surface area contributed by atoms with E-state index in [-0.39, 0.29) is 0 Å². The second-order valence-electron chi connectivity index (χ2n) is 5.26. The molecule has 2 heteroatoms. The average Bonchev–Trinajstić information content (AvgIpc) is 2.44. The Kier molecular flexibility index (Phi) is 5.29. The summed E-state index contributed by atoms with van der Waals surface area (Å²) in [6.07, 6.45) is 2.17. The molecular formula is C17H23NS. The van der Waals surface area contributed by atoms with Crippen LogP contribution in [-0.4, -0.2) is 18.6 Å². The predicted octanol–water partition coefficient (Wildman–Crippen LogP) is 4.49. The molecule has 0 saturated heterocycles. The van der Waals surface area contributed by atoms with Gasteiger partial charge in [-0.25, -0.2) is 0 Å². The number of thioether (sulfide) groups is 1. The predicted molar refractivity (Wildman–Crippen MR) is 87.9 cm³/mol. The lowest BCUT2D eigenvalue weighted by molar-refractivity contribution is 0.503. The molecule has 0 radical (unpaired) electrons. The molecule has 0 aromatic heterocycles. The third kappa shape index (κ3) is 3.74. The molecule has 2 unspecified atom stereocenters. The highest BCUT2D eigenvalue weighted by molar-refractivity contribution is 7.98. The summed E-state index contributed by atoms with van der Waals surface area (Å²) in [6, 6.07) is 15.6. The second-order valence-corrected chi connectivity index (χ2v) is 6.17. The van der Waals surface area contributed by atoms with Crippen LogP contribution in [0.5, 0.6) is 0 Å². The van der Waals surface area contributed by atoms with E-state index in [0.29, 0.717) is 12.0 Å². The fourth-order valence-electron chi connectivity index (χ4n) is 2.46. The van der Waals surface area contributed by atoms with Crippen LogP contribution in [0, 0.1) is 5.92 Å². The first-order chi connectivity index (χ1) is 9.22. The van der Waals surface area contributed by atoms with Crippen LogP contribution in [0.1, 0.15) is 25.5 Å². The van der Waals surface area contributed by atoms with Gasteiger partial charge in [-0.2, -0.15) is 11.8 Å². The van der Waals surface area contributed by atoms with E-state index in [9.17, 15) is 0 Å². The van der Waals surface area contributed by atoms with Crippen LogP contribution in [0.15, 0.2) is 42.5 Å². The van der Waals surface area contributed by atoms with Gasteiger partial charge in [-0.3, -0.25) is 0 Å². The zero-order chi connectivity index (χ0) is 13.7. The smallest absolute Gasteiger partial charge is 0.0298 e. The molecule has 0 saturated carbocycles. The summed E-state index contributed by atoms with van der Waals surface area (Å²) in [5.41, 5.74) is 1.40. The third-order valence-electron chi connectivity index (χ3n) is 3.51. The van der Waals surface area contributed by atoms with Crippen LogP contribution in [0.2, 0.25) is 0 Å². The van der Waals surface area contributed by atoms with Gasteiger partial charge in [-0.15, -0.1) is 0 Å². The summed E-state index contributed by atoms with van der Waals surface area (Å²) < 4.78 is 0. The third-order valence-corrected chi connectivity index (χ3v) is 4.42. The minimum atomic E-state index is 0.399. The fourth-order valence-corrected chi connectivity index (χ4v) is 3.15. The summed E-state index contributed by atoms with van der Waals surface area (Å²) in [5.74, 6) is 1.93. The van der Waals surface area contributed by atoms with Crippen LogP contribution in [0.25, 0.3) is 10.8 Å². The van der Waals surface area contributed by atoms with E-state index >= 15 is 0 Å². The Balaban J connectivity index is 2.11. The van der Waals surface area contributed by atoms with Crippen molar-refractivity contribution in [2.75, 3.05) is 18.6 Å². The zero-order valence-corrected chi connectivity index (χ0v) is 12.8. The second kappa shape index (κ2) is 6.97. The summed E-state index contributed by atoms with van der Waals surface area (Å²) >= 11 is 1.92. The molecule has 0 spiro atoms. The minimum absolute atomic E-state index is 0.399. The number of rotatable bonds is 6. The largest absolute Gasteiger partial charge is 0.310 e. The highest BCUT2D eigenvalue weighted by Crippen LogP contribution is 2.24. The van der Waals surface area contributed by atoms with Crippen LogP contribution in [0.4, 0.5) is 0 Å². The maximum Gasteiger partial charge on any atom is 0.0298 e. The Morgan fingerprint density at radius 3 is 2.58 bits per heavy atom. The van der Waals surface area contributed by atoms with Gasteiger partial charge in [0, 0.05) is 6.04 Å². The molecule has 0 fully saturated rings. The van der Waals surface area contributed by atoms with Crippen molar-refractivity contribution in [1.29, 1.82) is 0 Å². The van der Waals surface area contributed by atoms with Gasteiger partial charge in [-0.1, -0.05) is 49.4 Å². The van der Waals surface area contributed by atoms with Gasteiger partial charge in [0.2, 0.25) is 0 Å². The quantitative estimate of drug-likeness (QED) is 0.832. The molecule has 2 atom stereocenters. The van der Waals surface area contributed by atoms with Crippen LogP contribution < -0.4 is 5.32 Å². The fraction of sp³-hybridized carbons (Fsp3) is 0.412. The number of nitrogens with one attached hydrogen (secondary N) is 1. The Labute approximate surface area is 120 Å². The normalized spacial score (nSPS) is 14.5. The lowest BCUT2D eigenvalue weighted by Gasteiger charge is -2.19. The molecule has 0 bridgehead atoms. The molecule has 0 amide bonds.